The Morgan fingerprint density at radius 3 is 2.62 bits per heavy atom. The summed E-state index contributed by atoms with van der Waals surface area (Å²) in [5.41, 5.74) is 0. The van der Waals surface area contributed by atoms with Gasteiger partial charge in [-0.25, -0.2) is 0 Å². The Morgan fingerprint density at radius 2 is 2.06 bits per heavy atom. The number of halogens is 1. The van der Waals surface area contributed by atoms with Crippen LogP contribution in [-0.2, 0) is 9.53 Å². The fourth-order valence-electron chi connectivity index (χ4n) is 1.10. The highest BCUT2D eigenvalue weighted by molar-refractivity contribution is 9.10. The van der Waals surface area contributed by atoms with Crippen LogP contribution in [0.15, 0.2) is 33.6 Å². The average Bonchev–Trinajstić information content (AvgIpc) is 2.28. The van der Waals surface area contributed by atoms with E-state index in [4.69, 9.17) is 4.74 Å². The molecular weight excluding hydrogens is 288 g/mol. The van der Waals surface area contributed by atoms with E-state index in [0.29, 0.717) is 6.61 Å². The molecule has 0 spiro atoms. The highest BCUT2D eigenvalue weighted by Crippen LogP contribution is 2.23. The molecule has 1 aromatic carbocycles. The minimum Gasteiger partial charge on any atom is -0.466 e. The van der Waals surface area contributed by atoms with Crippen LogP contribution in [0, 0.1) is 5.92 Å². The highest BCUT2D eigenvalue weighted by atomic mass is 79.9. The monoisotopic (exact) mass is 302 g/mol. The predicted octanol–water partition coefficient (Wildman–Crippen LogP) is 3.74. The highest BCUT2D eigenvalue weighted by Gasteiger charge is 2.13. The molecule has 0 aromatic heterocycles. The third-order valence-electron chi connectivity index (χ3n) is 2.00. The molecule has 0 fully saturated rings. The van der Waals surface area contributed by atoms with Crippen LogP contribution in [0.25, 0.3) is 0 Å². The molecule has 1 unspecified atom stereocenters. The van der Waals surface area contributed by atoms with Gasteiger partial charge in [0, 0.05) is 15.1 Å². The zero-order valence-electron chi connectivity index (χ0n) is 9.40. The van der Waals surface area contributed by atoms with E-state index < -0.39 is 0 Å². The number of carbonyl (C=O) groups is 1. The molecule has 1 atom stereocenters. The fourth-order valence-corrected chi connectivity index (χ4v) is 2.28. The van der Waals surface area contributed by atoms with Crippen molar-refractivity contribution in [2.24, 2.45) is 5.92 Å². The topological polar surface area (TPSA) is 26.3 Å². The summed E-state index contributed by atoms with van der Waals surface area (Å²) in [4.78, 5) is 12.5. The zero-order chi connectivity index (χ0) is 12.0. The van der Waals surface area contributed by atoms with Crippen molar-refractivity contribution >= 4 is 33.7 Å². The Hall–Kier alpha value is -0.480. The fraction of sp³-hybridized carbons (Fsp3) is 0.417. The van der Waals surface area contributed by atoms with E-state index in [1.807, 2.05) is 38.1 Å². The zero-order valence-corrected chi connectivity index (χ0v) is 11.8. The summed E-state index contributed by atoms with van der Waals surface area (Å²) < 4.78 is 6.02. The molecule has 16 heavy (non-hydrogen) atoms. The van der Waals surface area contributed by atoms with E-state index in [1.165, 1.54) is 4.90 Å². The van der Waals surface area contributed by atoms with Crippen molar-refractivity contribution in [3.8, 4) is 0 Å². The van der Waals surface area contributed by atoms with E-state index in [0.717, 1.165) is 10.2 Å². The SMILES string of the molecule is CCOC(=O)C(C)CSc1ccc(Br)cc1. The van der Waals surface area contributed by atoms with Crippen molar-refractivity contribution in [3.05, 3.63) is 28.7 Å². The second kappa shape index (κ2) is 6.97. The van der Waals surface area contributed by atoms with Gasteiger partial charge >= 0.3 is 5.97 Å². The van der Waals surface area contributed by atoms with E-state index in [1.54, 1.807) is 11.8 Å². The summed E-state index contributed by atoms with van der Waals surface area (Å²) >= 11 is 5.06. The Labute approximate surface area is 109 Å². The molecule has 0 radical (unpaired) electrons. The molecule has 2 nitrogen and oxygen atoms in total. The summed E-state index contributed by atoms with van der Waals surface area (Å²) in [5, 5.41) is 0. The van der Waals surface area contributed by atoms with Crippen LogP contribution < -0.4 is 0 Å². The molecule has 1 aromatic rings. The van der Waals surface area contributed by atoms with Crippen molar-refractivity contribution in [1.82, 2.24) is 0 Å². The third-order valence-corrected chi connectivity index (χ3v) is 3.80. The Kier molecular flexibility index (Phi) is 5.91. The summed E-state index contributed by atoms with van der Waals surface area (Å²) in [6, 6.07) is 8.06. The Balaban J connectivity index is 2.39. The van der Waals surface area contributed by atoms with Crippen LogP contribution >= 0.6 is 27.7 Å². The van der Waals surface area contributed by atoms with Crippen molar-refractivity contribution < 1.29 is 9.53 Å². The van der Waals surface area contributed by atoms with Gasteiger partial charge < -0.3 is 4.74 Å². The van der Waals surface area contributed by atoms with Crippen molar-refractivity contribution in [3.63, 3.8) is 0 Å². The molecule has 0 N–H and O–H groups in total. The molecule has 0 aliphatic heterocycles. The number of carbonyl (C=O) groups excluding carboxylic acids is 1. The molecule has 0 heterocycles. The van der Waals surface area contributed by atoms with E-state index in [9.17, 15) is 4.79 Å². The van der Waals surface area contributed by atoms with Crippen LogP contribution in [0.1, 0.15) is 13.8 Å². The Morgan fingerprint density at radius 1 is 1.44 bits per heavy atom. The standard InChI is InChI=1S/C12H15BrO2S/c1-3-15-12(14)9(2)8-16-11-6-4-10(13)5-7-11/h4-7,9H,3,8H2,1-2H3. The lowest BCUT2D eigenvalue weighted by atomic mass is 10.2. The van der Waals surface area contributed by atoms with Gasteiger partial charge in [-0.05, 0) is 31.2 Å². The number of esters is 1. The van der Waals surface area contributed by atoms with Gasteiger partial charge in [0.2, 0.25) is 0 Å². The van der Waals surface area contributed by atoms with Crippen LogP contribution in [0.2, 0.25) is 0 Å². The van der Waals surface area contributed by atoms with Crippen LogP contribution in [-0.4, -0.2) is 18.3 Å². The minimum absolute atomic E-state index is 0.0615. The molecule has 4 heteroatoms. The number of thioether (sulfide) groups is 1. The van der Waals surface area contributed by atoms with Crippen LogP contribution in [0.5, 0.6) is 0 Å². The largest absolute Gasteiger partial charge is 0.466 e. The average molecular weight is 303 g/mol. The van der Waals surface area contributed by atoms with Gasteiger partial charge in [0.05, 0.1) is 12.5 Å². The van der Waals surface area contributed by atoms with E-state index >= 15 is 0 Å². The molecule has 1 rings (SSSR count). The van der Waals surface area contributed by atoms with Gasteiger partial charge in [0.1, 0.15) is 0 Å². The maximum atomic E-state index is 11.4. The molecule has 0 aliphatic rings. The quantitative estimate of drug-likeness (QED) is 0.612. The number of hydrogen-bond acceptors (Lipinski definition) is 3. The van der Waals surface area contributed by atoms with Gasteiger partial charge in [-0.3, -0.25) is 4.79 Å². The maximum absolute atomic E-state index is 11.4. The lowest BCUT2D eigenvalue weighted by Gasteiger charge is -2.09. The molecule has 0 amide bonds. The lowest BCUT2D eigenvalue weighted by Crippen LogP contribution is -2.16. The number of benzene rings is 1. The first-order valence-electron chi connectivity index (χ1n) is 5.18. The summed E-state index contributed by atoms with van der Waals surface area (Å²) in [6.45, 7) is 4.17. The predicted molar refractivity (Wildman–Crippen MR) is 70.7 cm³/mol. The molecule has 0 saturated heterocycles. The minimum atomic E-state index is -0.118. The number of hydrogen-bond donors (Lipinski definition) is 0. The molecular formula is C12H15BrO2S. The van der Waals surface area contributed by atoms with Gasteiger partial charge in [0.15, 0.2) is 0 Å². The van der Waals surface area contributed by atoms with Gasteiger partial charge in [-0.15, -0.1) is 11.8 Å². The smallest absolute Gasteiger partial charge is 0.309 e. The summed E-state index contributed by atoms with van der Waals surface area (Å²) in [5.74, 6) is 0.571. The summed E-state index contributed by atoms with van der Waals surface area (Å²) in [6.07, 6.45) is 0. The second-order valence-electron chi connectivity index (χ2n) is 3.42. The van der Waals surface area contributed by atoms with Gasteiger partial charge in [0.25, 0.3) is 0 Å². The third kappa shape index (κ3) is 4.58. The maximum Gasteiger partial charge on any atom is 0.309 e. The first kappa shape index (κ1) is 13.6. The molecule has 88 valence electrons. The summed E-state index contributed by atoms with van der Waals surface area (Å²) in [7, 11) is 0. The normalized spacial score (nSPS) is 12.2. The molecule has 0 aliphatic carbocycles. The van der Waals surface area contributed by atoms with Crippen LogP contribution in [0.4, 0.5) is 0 Å². The molecule has 0 saturated carbocycles. The van der Waals surface area contributed by atoms with Gasteiger partial charge in [-0.2, -0.15) is 0 Å². The van der Waals surface area contributed by atoms with Crippen molar-refractivity contribution in [1.29, 1.82) is 0 Å². The number of ether oxygens (including phenoxy) is 1. The van der Waals surface area contributed by atoms with Crippen molar-refractivity contribution in [2.75, 3.05) is 12.4 Å². The molecule has 0 bridgehead atoms. The van der Waals surface area contributed by atoms with Crippen LogP contribution in [0.3, 0.4) is 0 Å². The van der Waals surface area contributed by atoms with E-state index in [-0.39, 0.29) is 11.9 Å². The van der Waals surface area contributed by atoms with E-state index in [2.05, 4.69) is 15.9 Å². The second-order valence-corrected chi connectivity index (χ2v) is 5.43. The Bertz CT molecular complexity index is 337. The van der Waals surface area contributed by atoms with Gasteiger partial charge in [-0.1, -0.05) is 22.9 Å². The first-order chi connectivity index (χ1) is 7.63. The number of rotatable bonds is 5. The van der Waals surface area contributed by atoms with Crippen molar-refractivity contribution in [2.45, 2.75) is 18.7 Å². The first-order valence-corrected chi connectivity index (χ1v) is 6.96. The lowest BCUT2D eigenvalue weighted by molar-refractivity contribution is -0.146.